The maximum absolute atomic E-state index is 12.0. The summed E-state index contributed by atoms with van der Waals surface area (Å²) >= 11 is 0. The zero-order chi connectivity index (χ0) is 12.6. The van der Waals surface area contributed by atoms with Crippen molar-refractivity contribution in [1.82, 2.24) is 10.0 Å². The highest BCUT2D eigenvalue weighted by Gasteiger charge is 2.43. The molecule has 2 rings (SSSR count). The van der Waals surface area contributed by atoms with Gasteiger partial charge in [0.25, 0.3) is 5.91 Å². The van der Waals surface area contributed by atoms with Crippen molar-refractivity contribution in [1.29, 1.82) is 0 Å². The second-order valence-electron chi connectivity index (χ2n) is 5.30. The molecule has 2 aliphatic rings. The number of fused-ring (bicyclic) bond motifs is 1. The molecule has 2 fully saturated rings. The predicted octanol–water partition coefficient (Wildman–Crippen LogP) is 0.229. The van der Waals surface area contributed by atoms with Gasteiger partial charge in [-0.2, -0.15) is 0 Å². The van der Waals surface area contributed by atoms with Crippen molar-refractivity contribution in [3.63, 3.8) is 0 Å². The van der Waals surface area contributed by atoms with Gasteiger partial charge in [0.05, 0.1) is 11.3 Å². The zero-order valence-corrected chi connectivity index (χ0v) is 11.1. The summed E-state index contributed by atoms with van der Waals surface area (Å²) in [6.07, 6.45) is 3.33. The van der Waals surface area contributed by atoms with Crippen molar-refractivity contribution in [3.05, 3.63) is 0 Å². The number of hydrogen-bond donors (Lipinski definition) is 2. The molecule has 1 saturated heterocycles. The summed E-state index contributed by atoms with van der Waals surface area (Å²) in [5.74, 6) is 0.484. The van der Waals surface area contributed by atoms with Crippen LogP contribution in [0.2, 0.25) is 0 Å². The Bertz CT molecular complexity index is 405. The van der Waals surface area contributed by atoms with Crippen LogP contribution >= 0.6 is 0 Å². The van der Waals surface area contributed by atoms with E-state index in [1.165, 1.54) is 0 Å². The second kappa shape index (κ2) is 4.57. The maximum Gasteiger partial charge on any atom is 0.250 e. The van der Waals surface area contributed by atoms with E-state index in [1.807, 2.05) is 0 Å². The van der Waals surface area contributed by atoms with Gasteiger partial charge in [-0.05, 0) is 45.1 Å². The van der Waals surface area contributed by atoms with Crippen molar-refractivity contribution in [3.8, 4) is 0 Å². The number of amides is 1. The van der Waals surface area contributed by atoms with Crippen LogP contribution in [0, 0.1) is 11.8 Å². The standard InChI is InChI=1S/C11H20N2O3S/c1-7(2)17(15,16)13-11(14)10-9-5-3-4-8(9)6-12-10/h7-10,12H,3-6H2,1-2H3,(H,13,14). The average Bonchev–Trinajstić information content (AvgIpc) is 2.75. The molecule has 1 saturated carbocycles. The van der Waals surface area contributed by atoms with E-state index < -0.39 is 15.3 Å². The normalized spacial score (nSPS) is 32.8. The first kappa shape index (κ1) is 12.8. The molecule has 0 aromatic carbocycles. The first-order chi connectivity index (χ1) is 7.92. The van der Waals surface area contributed by atoms with Crippen LogP contribution in [0.25, 0.3) is 0 Å². The maximum atomic E-state index is 12.0. The summed E-state index contributed by atoms with van der Waals surface area (Å²) in [5.41, 5.74) is 0. The molecule has 0 radical (unpaired) electrons. The van der Waals surface area contributed by atoms with Gasteiger partial charge in [0, 0.05) is 0 Å². The molecular weight excluding hydrogens is 240 g/mol. The molecule has 1 amide bonds. The molecule has 1 aliphatic heterocycles. The second-order valence-corrected chi connectivity index (χ2v) is 7.54. The summed E-state index contributed by atoms with van der Waals surface area (Å²) < 4.78 is 25.4. The zero-order valence-electron chi connectivity index (χ0n) is 10.3. The van der Waals surface area contributed by atoms with Crippen LogP contribution in [0.15, 0.2) is 0 Å². The molecule has 1 aliphatic carbocycles. The number of carbonyl (C=O) groups is 1. The third kappa shape index (κ3) is 2.47. The summed E-state index contributed by atoms with van der Waals surface area (Å²) in [7, 11) is -3.50. The fourth-order valence-corrected chi connectivity index (χ4v) is 3.44. The molecule has 5 nitrogen and oxygen atoms in total. The molecule has 0 aromatic heterocycles. The molecule has 2 N–H and O–H groups in total. The number of carbonyl (C=O) groups excluding carboxylic acids is 1. The van der Waals surface area contributed by atoms with Crippen LogP contribution < -0.4 is 10.0 Å². The van der Waals surface area contributed by atoms with Gasteiger partial charge in [0.15, 0.2) is 0 Å². The minimum Gasteiger partial charge on any atom is -0.305 e. The van der Waals surface area contributed by atoms with Crippen molar-refractivity contribution >= 4 is 15.9 Å². The molecule has 0 aromatic rings. The fraction of sp³-hybridized carbons (Fsp3) is 0.909. The topological polar surface area (TPSA) is 75.3 Å². The third-order valence-electron chi connectivity index (χ3n) is 3.89. The fourth-order valence-electron chi connectivity index (χ4n) is 2.80. The number of sulfonamides is 1. The Balaban J connectivity index is 2.02. The van der Waals surface area contributed by atoms with Gasteiger partial charge in [0.1, 0.15) is 0 Å². The van der Waals surface area contributed by atoms with E-state index in [9.17, 15) is 13.2 Å². The largest absolute Gasteiger partial charge is 0.305 e. The van der Waals surface area contributed by atoms with Crippen LogP contribution in [0.3, 0.4) is 0 Å². The molecule has 98 valence electrons. The Morgan fingerprint density at radius 2 is 2.06 bits per heavy atom. The first-order valence-electron chi connectivity index (χ1n) is 6.20. The van der Waals surface area contributed by atoms with E-state index in [4.69, 9.17) is 0 Å². The quantitative estimate of drug-likeness (QED) is 0.761. The molecule has 1 heterocycles. The molecule has 0 spiro atoms. The van der Waals surface area contributed by atoms with Gasteiger partial charge in [0.2, 0.25) is 10.0 Å². The van der Waals surface area contributed by atoms with Gasteiger partial charge in [-0.3, -0.25) is 9.52 Å². The molecular formula is C11H20N2O3S. The van der Waals surface area contributed by atoms with E-state index in [-0.39, 0.29) is 11.9 Å². The molecule has 17 heavy (non-hydrogen) atoms. The smallest absolute Gasteiger partial charge is 0.250 e. The van der Waals surface area contributed by atoms with Crippen molar-refractivity contribution < 1.29 is 13.2 Å². The predicted molar refractivity (Wildman–Crippen MR) is 64.8 cm³/mol. The van der Waals surface area contributed by atoms with Crippen molar-refractivity contribution in [2.75, 3.05) is 6.54 Å². The molecule has 3 unspecified atom stereocenters. The minimum atomic E-state index is -3.50. The van der Waals surface area contributed by atoms with Gasteiger partial charge in [-0.25, -0.2) is 8.42 Å². The lowest BCUT2D eigenvalue weighted by molar-refractivity contribution is -0.122. The van der Waals surface area contributed by atoms with Gasteiger partial charge in [-0.15, -0.1) is 0 Å². The first-order valence-corrected chi connectivity index (χ1v) is 7.75. The van der Waals surface area contributed by atoms with Crippen LogP contribution in [0.4, 0.5) is 0 Å². The summed E-state index contributed by atoms with van der Waals surface area (Å²) in [4.78, 5) is 12.0. The molecule has 6 heteroatoms. The van der Waals surface area contributed by atoms with Crippen molar-refractivity contribution in [2.45, 2.75) is 44.4 Å². The lowest BCUT2D eigenvalue weighted by Gasteiger charge is -2.18. The van der Waals surface area contributed by atoms with Gasteiger partial charge in [-0.1, -0.05) is 6.42 Å². The van der Waals surface area contributed by atoms with E-state index in [0.717, 1.165) is 25.8 Å². The van der Waals surface area contributed by atoms with Crippen LogP contribution in [-0.4, -0.2) is 32.2 Å². The minimum absolute atomic E-state index is 0.317. The SMILES string of the molecule is CC(C)S(=O)(=O)NC(=O)C1NCC2CCCC21. The van der Waals surface area contributed by atoms with E-state index in [0.29, 0.717) is 11.8 Å². The monoisotopic (exact) mass is 260 g/mol. The number of nitrogens with one attached hydrogen (secondary N) is 2. The number of rotatable bonds is 3. The Kier molecular flexibility index (Phi) is 3.45. The number of hydrogen-bond acceptors (Lipinski definition) is 4. The summed E-state index contributed by atoms with van der Waals surface area (Å²) in [5, 5.41) is 2.57. The van der Waals surface area contributed by atoms with E-state index >= 15 is 0 Å². The van der Waals surface area contributed by atoms with Crippen LogP contribution in [-0.2, 0) is 14.8 Å². The van der Waals surface area contributed by atoms with Crippen LogP contribution in [0.1, 0.15) is 33.1 Å². The summed E-state index contributed by atoms with van der Waals surface area (Å²) in [6, 6.07) is -0.323. The Labute approximate surface area is 102 Å². The summed E-state index contributed by atoms with van der Waals surface area (Å²) in [6.45, 7) is 3.97. The Morgan fingerprint density at radius 3 is 2.71 bits per heavy atom. The molecule has 0 bridgehead atoms. The molecule has 3 atom stereocenters. The van der Waals surface area contributed by atoms with Gasteiger partial charge < -0.3 is 5.32 Å². The Morgan fingerprint density at radius 1 is 1.35 bits per heavy atom. The van der Waals surface area contributed by atoms with Crippen molar-refractivity contribution in [2.24, 2.45) is 11.8 Å². The average molecular weight is 260 g/mol. The highest BCUT2D eigenvalue weighted by Crippen LogP contribution is 2.37. The highest BCUT2D eigenvalue weighted by atomic mass is 32.2. The van der Waals surface area contributed by atoms with E-state index in [2.05, 4.69) is 10.0 Å². The lowest BCUT2D eigenvalue weighted by atomic mass is 9.94. The third-order valence-corrected chi connectivity index (χ3v) is 5.62. The highest BCUT2D eigenvalue weighted by molar-refractivity contribution is 7.90. The van der Waals surface area contributed by atoms with E-state index in [1.54, 1.807) is 13.8 Å². The van der Waals surface area contributed by atoms with Crippen LogP contribution in [0.5, 0.6) is 0 Å². The Hall–Kier alpha value is -0.620. The van der Waals surface area contributed by atoms with Gasteiger partial charge >= 0.3 is 0 Å². The lowest BCUT2D eigenvalue weighted by Crippen LogP contribution is -2.47.